The molecule has 0 bridgehead atoms. The van der Waals surface area contributed by atoms with E-state index in [-0.39, 0.29) is 28.3 Å². The van der Waals surface area contributed by atoms with Gasteiger partial charge in [0.05, 0.1) is 11.3 Å². The Labute approximate surface area is 113 Å². The molecule has 0 aliphatic carbocycles. The lowest BCUT2D eigenvalue weighted by molar-refractivity contribution is 0.0918. The monoisotopic (exact) mass is 266 g/mol. The number of benzene rings is 1. The summed E-state index contributed by atoms with van der Waals surface area (Å²) in [6.45, 7) is 5.24. The third kappa shape index (κ3) is 4.44. The first-order valence-corrected chi connectivity index (χ1v) is 6.22. The van der Waals surface area contributed by atoms with Crippen molar-refractivity contribution in [1.82, 2.24) is 5.32 Å². The molecule has 0 heterocycles. The third-order valence-corrected chi connectivity index (χ3v) is 3.02. The van der Waals surface area contributed by atoms with E-state index in [1.165, 1.54) is 0 Å². The number of amides is 1. The molecule has 0 saturated carbocycles. The van der Waals surface area contributed by atoms with Gasteiger partial charge in [-0.15, -0.1) is 0 Å². The molecular formula is C14H22N2O3. The highest BCUT2D eigenvalue weighted by molar-refractivity contribution is 5.98. The fourth-order valence-corrected chi connectivity index (χ4v) is 1.63. The summed E-state index contributed by atoms with van der Waals surface area (Å²) in [5, 5.41) is 12.5. The van der Waals surface area contributed by atoms with Crippen LogP contribution in [0.4, 0.5) is 5.69 Å². The Bertz CT molecular complexity index is 444. The summed E-state index contributed by atoms with van der Waals surface area (Å²) in [5.74, 6) is -0.495. The molecule has 106 valence electrons. The largest absolute Gasteiger partial charge is 0.505 e. The maximum atomic E-state index is 12.0. The Hall–Kier alpha value is -1.75. The lowest BCUT2D eigenvalue weighted by Crippen LogP contribution is -2.34. The molecule has 0 atom stereocenters. The van der Waals surface area contributed by atoms with Gasteiger partial charge < -0.3 is 20.9 Å². The highest BCUT2D eigenvalue weighted by Crippen LogP contribution is 2.25. The van der Waals surface area contributed by atoms with Gasteiger partial charge in [0.2, 0.25) is 0 Å². The SMILES string of the molecule is COCCC(C)(C)CNC(=O)c1cccc(N)c1O. The number of carbonyl (C=O) groups is 1. The molecule has 4 N–H and O–H groups in total. The molecule has 1 amide bonds. The molecule has 1 rings (SSSR count). The smallest absolute Gasteiger partial charge is 0.255 e. The number of rotatable bonds is 6. The van der Waals surface area contributed by atoms with Crippen molar-refractivity contribution in [2.45, 2.75) is 20.3 Å². The second-order valence-electron chi connectivity index (χ2n) is 5.33. The van der Waals surface area contributed by atoms with Crippen LogP contribution in [0.5, 0.6) is 5.75 Å². The zero-order valence-electron chi connectivity index (χ0n) is 11.7. The van der Waals surface area contributed by atoms with E-state index < -0.39 is 0 Å². The van der Waals surface area contributed by atoms with E-state index in [2.05, 4.69) is 5.32 Å². The summed E-state index contributed by atoms with van der Waals surface area (Å²) < 4.78 is 5.03. The minimum Gasteiger partial charge on any atom is -0.505 e. The number of hydrogen-bond acceptors (Lipinski definition) is 4. The number of phenolic OH excluding ortho intramolecular Hbond substituents is 1. The van der Waals surface area contributed by atoms with Gasteiger partial charge in [-0.3, -0.25) is 4.79 Å². The van der Waals surface area contributed by atoms with Gasteiger partial charge in [0.15, 0.2) is 5.75 Å². The number of carbonyl (C=O) groups excluding carboxylic acids is 1. The number of hydrogen-bond donors (Lipinski definition) is 3. The summed E-state index contributed by atoms with van der Waals surface area (Å²) in [6, 6.07) is 4.73. The van der Waals surface area contributed by atoms with Crippen molar-refractivity contribution in [2.75, 3.05) is 26.0 Å². The molecule has 0 aliphatic rings. The maximum Gasteiger partial charge on any atom is 0.255 e. The summed E-state index contributed by atoms with van der Waals surface area (Å²) in [6.07, 6.45) is 0.840. The molecule has 0 aliphatic heterocycles. The first-order valence-electron chi connectivity index (χ1n) is 6.22. The van der Waals surface area contributed by atoms with Gasteiger partial charge >= 0.3 is 0 Å². The number of nitrogen functional groups attached to an aromatic ring is 1. The van der Waals surface area contributed by atoms with E-state index in [0.29, 0.717) is 13.2 Å². The molecule has 0 aromatic heterocycles. The number of aromatic hydroxyl groups is 1. The quantitative estimate of drug-likeness (QED) is 0.541. The molecule has 5 nitrogen and oxygen atoms in total. The number of nitrogens with two attached hydrogens (primary N) is 1. The maximum absolute atomic E-state index is 12.0. The van der Waals surface area contributed by atoms with Crippen LogP contribution in [-0.4, -0.2) is 31.3 Å². The second kappa shape index (κ2) is 6.43. The number of para-hydroxylation sites is 1. The zero-order valence-corrected chi connectivity index (χ0v) is 11.7. The minimum atomic E-state index is -0.324. The van der Waals surface area contributed by atoms with Crippen LogP contribution in [0.2, 0.25) is 0 Å². The lowest BCUT2D eigenvalue weighted by Gasteiger charge is -2.24. The highest BCUT2D eigenvalue weighted by atomic mass is 16.5. The summed E-state index contributed by atoms with van der Waals surface area (Å²) in [5.41, 5.74) is 5.89. The molecule has 0 spiro atoms. The van der Waals surface area contributed by atoms with Crippen molar-refractivity contribution in [1.29, 1.82) is 0 Å². The molecule has 0 saturated heterocycles. The van der Waals surface area contributed by atoms with E-state index in [9.17, 15) is 9.90 Å². The molecular weight excluding hydrogens is 244 g/mol. The van der Waals surface area contributed by atoms with Crippen molar-refractivity contribution in [3.63, 3.8) is 0 Å². The Balaban J connectivity index is 2.63. The zero-order chi connectivity index (χ0) is 14.5. The van der Waals surface area contributed by atoms with Crippen LogP contribution in [0.3, 0.4) is 0 Å². The van der Waals surface area contributed by atoms with Gasteiger partial charge in [0.25, 0.3) is 5.91 Å². The average molecular weight is 266 g/mol. The van der Waals surface area contributed by atoms with Crippen molar-refractivity contribution in [2.24, 2.45) is 5.41 Å². The van der Waals surface area contributed by atoms with E-state index in [4.69, 9.17) is 10.5 Å². The Kier molecular flexibility index (Phi) is 5.18. The Morgan fingerprint density at radius 3 is 2.79 bits per heavy atom. The van der Waals surface area contributed by atoms with Crippen molar-refractivity contribution < 1.29 is 14.6 Å². The van der Waals surface area contributed by atoms with Crippen molar-refractivity contribution in [3.05, 3.63) is 23.8 Å². The molecule has 5 heteroatoms. The topological polar surface area (TPSA) is 84.6 Å². The number of methoxy groups -OCH3 is 1. The minimum absolute atomic E-state index is 0.0678. The first-order chi connectivity index (χ1) is 8.87. The van der Waals surface area contributed by atoms with Crippen LogP contribution in [0.25, 0.3) is 0 Å². The number of nitrogens with one attached hydrogen (secondary N) is 1. The van der Waals surface area contributed by atoms with Crippen LogP contribution in [0.1, 0.15) is 30.6 Å². The average Bonchev–Trinajstić information content (AvgIpc) is 2.37. The number of ether oxygens (including phenoxy) is 1. The molecule has 0 radical (unpaired) electrons. The van der Waals surface area contributed by atoms with Crippen LogP contribution >= 0.6 is 0 Å². The molecule has 19 heavy (non-hydrogen) atoms. The van der Waals surface area contributed by atoms with Crippen molar-refractivity contribution >= 4 is 11.6 Å². The fraction of sp³-hybridized carbons (Fsp3) is 0.500. The summed E-state index contributed by atoms with van der Waals surface area (Å²) in [7, 11) is 1.65. The van der Waals surface area contributed by atoms with Gasteiger partial charge in [0.1, 0.15) is 0 Å². The van der Waals surface area contributed by atoms with E-state index in [1.807, 2.05) is 13.8 Å². The van der Waals surface area contributed by atoms with Gasteiger partial charge in [-0.25, -0.2) is 0 Å². The highest BCUT2D eigenvalue weighted by Gasteiger charge is 2.20. The predicted molar refractivity (Wildman–Crippen MR) is 75.1 cm³/mol. The Morgan fingerprint density at radius 2 is 2.16 bits per heavy atom. The fourth-order valence-electron chi connectivity index (χ4n) is 1.63. The van der Waals surface area contributed by atoms with Gasteiger partial charge in [-0.2, -0.15) is 0 Å². The second-order valence-corrected chi connectivity index (χ2v) is 5.33. The standard InChI is InChI=1S/C14H22N2O3/c1-14(2,7-8-19-3)9-16-13(18)10-5-4-6-11(15)12(10)17/h4-6,17H,7-9,15H2,1-3H3,(H,16,18). The Morgan fingerprint density at radius 1 is 1.47 bits per heavy atom. The predicted octanol–water partition coefficient (Wildman–Crippen LogP) is 1.77. The van der Waals surface area contributed by atoms with Crippen LogP contribution in [-0.2, 0) is 4.74 Å². The molecule has 1 aromatic rings. The number of anilines is 1. The van der Waals surface area contributed by atoms with Crippen LogP contribution in [0, 0.1) is 5.41 Å². The van der Waals surface area contributed by atoms with Gasteiger partial charge in [0, 0.05) is 20.3 Å². The van der Waals surface area contributed by atoms with Crippen molar-refractivity contribution in [3.8, 4) is 5.75 Å². The van der Waals surface area contributed by atoms with E-state index >= 15 is 0 Å². The molecule has 0 fully saturated rings. The number of phenols is 1. The summed E-state index contributed by atoms with van der Waals surface area (Å²) >= 11 is 0. The van der Waals surface area contributed by atoms with Gasteiger partial charge in [-0.05, 0) is 24.0 Å². The van der Waals surface area contributed by atoms with E-state index in [1.54, 1.807) is 25.3 Å². The van der Waals surface area contributed by atoms with E-state index in [0.717, 1.165) is 6.42 Å². The molecule has 0 unspecified atom stereocenters. The first kappa shape index (κ1) is 15.3. The lowest BCUT2D eigenvalue weighted by atomic mass is 9.89. The van der Waals surface area contributed by atoms with Crippen LogP contribution < -0.4 is 11.1 Å². The third-order valence-electron chi connectivity index (χ3n) is 3.02. The molecule has 1 aromatic carbocycles. The van der Waals surface area contributed by atoms with Gasteiger partial charge in [-0.1, -0.05) is 19.9 Å². The normalized spacial score (nSPS) is 11.3. The van der Waals surface area contributed by atoms with Crippen LogP contribution in [0.15, 0.2) is 18.2 Å². The summed E-state index contributed by atoms with van der Waals surface area (Å²) in [4.78, 5) is 12.0.